The second-order valence-corrected chi connectivity index (χ2v) is 8.66. The number of benzene rings is 3. The summed E-state index contributed by atoms with van der Waals surface area (Å²) in [6.45, 7) is 3.70. The molecule has 1 aromatic heterocycles. The number of amides is 1. The van der Waals surface area contributed by atoms with Crippen molar-refractivity contribution >= 4 is 28.4 Å². The van der Waals surface area contributed by atoms with Crippen LogP contribution < -0.4 is 21.3 Å². The van der Waals surface area contributed by atoms with Gasteiger partial charge in [-0.05, 0) is 49.2 Å². The van der Waals surface area contributed by atoms with Gasteiger partial charge in [0.05, 0.1) is 29.7 Å². The van der Waals surface area contributed by atoms with E-state index in [-0.39, 0.29) is 17.3 Å². The van der Waals surface area contributed by atoms with Crippen LogP contribution in [-0.4, -0.2) is 22.2 Å². The van der Waals surface area contributed by atoms with Crippen LogP contribution in [-0.2, 0) is 4.79 Å². The fourth-order valence-electron chi connectivity index (χ4n) is 4.20. The van der Waals surface area contributed by atoms with Crippen LogP contribution in [0.2, 0.25) is 5.02 Å². The number of methoxy groups -OCH3 is 1. The average Bonchev–Trinajstić information content (AvgIpc) is 2.87. The van der Waals surface area contributed by atoms with Crippen LogP contribution in [0.1, 0.15) is 37.9 Å². The highest BCUT2D eigenvalue weighted by Crippen LogP contribution is 2.23. The van der Waals surface area contributed by atoms with Crippen molar-refractivity contribution in [1.29, 1.82) is 0 Å². The highest BCUT2D eigenvalue weighted by molar-refractivity contribution is 6.31. The van der Waals surface area contributed by atoms with Crippen molar-refractivity contribution in [2.24, 2.45) is 0 Å². The van der Waals surface area contributed by atoms with E-state index in [0.29, 0.717) is 28.4 Å². The number of carbonyl (C=O) groups excluding carboxylic acids is 1. The summed E-state index contributed by atoms with van der Waals surface area (Å²) < 4.78 is 7.70. The normalized spacial score (nSPS) is 12.8. The standard InChI is InChI=1S/C27H26ClN3O4/c1-4-23(25(32)29-17(2)18-9-6-5-7-10-18)31-24-15-19(28)13-14-22(24)26(33)30(27(31)34)20-11-8-12-21(16-20)35-3/h5-17,23H,4H2,1-3H3,(H,29,32). The molecule has 180 valence electrons. The van der Waals surface area contributed by atoms with Crippen LogP contribution in [0.4, 0.5) is 0 Å². The Morgan fingerprint density at radius 1 is 1.03 bits per heavy atom. The third-order valence-corrected chi connectivity index (χ3v) is 6.26. The van der Waals surface area contributed by atoms with Gasteiger partial charge >= 0.3 is 5.69 Å². The average molecular weight is 492 g/mol. The van der Waals surface area contributed by atoms with Gasteiger partial charge in [-0.1, -0.05) is 54.9 Å². The van der Waals surface area contributed by atoms with Crippen LogP contribution in [0.5, 0.6) is 5.75 Å². The first kappa shape index (κ1) is 24.3. The Balaban J connectivity index is 1.90. The van der Waals surface area contributed by atoms with E-state index >= 15 is 0 Å². The molecule has 2 atom stereocenters. The van der Waals surface area contributed by atoms with Crippen LogP contribution in [0.15, 0.2) is 82.4 Å². The predicted octanol–water partition coefficient (Wildman–Crippen LogP) is 4.64. The summed E-state index contributed by atoms with van der Waals surface area (Å²) in [6.07, 6.45) is 0.325. The Bertz CT molecular complexity index is 1490. The van der Waals surface area contributed by atoms with Gasteiger partial charge < -0.3 is 10.1 Å². The van der Waals surface area contributed by atoms with Crippen LogP contribution in [0, 0.1) is 0 Å². The number of hydrogen-bond acceptors (Lipinski definition) is 4. The zero-order valence-electron chi connectivity index (χ0n) is 19.7. The molecule has 7 nitrogen and oxygen atoms in total. The van der Waals surface area contributed by atoms with E-state index in [4.69, 9.17) is 16.3 Å². The Hall–Kier alpha value is -3.84. The van der Waals surface area contributed by atoms with Gasteiger partial charge in [-0.3, -0.25) is 14.2 Å². The van der Waals surface area contributed by atoms with Crippen molar-refractivity contribution < 1.29 is 9.53 Å². The maximum Gasteiger partial charge on any atom is 0.336 e. The zero-order chi connectivity index (χ0) is 25.1. The number of hydrogen-bond donors (Lipinski definition) is 1. The van der Waals surface area contributed by atoms with Gasteiger partial charge in [0.15, 0.2) is 0 Å². The molecule has 4 aromatic rings. The molecule has 8 heteroatoms. The molecular weight excluding hydrogens is 466 g/mol. The fourth-order valence-corrected chi connectivity index (χ4v) is 4.37. The van der Waals surface area contributed by atoms with E-state index in [1.165, 1.54) is 11.7 Å². The second kappa shape index (κ2) is 10.2. The van der Waals surface area contributed by atoms with Crippen molar-refractivity contribution in [1.82, 2.24) is 14.5 Å². The minimum absolute atomic E-state index is 0.271. The van der Waals surface area contributed by atoms with Gasteiger partial charge in [-0.2, -0.15) is 0 Å². The lowest BCUT2D eigenvalue weighted by Gasteiger charge is -2.24. The molecule has 2 unspecified atom stereocenters. The number of nitrogens with one attached hydrogen (secondary N) is 1. The Morgan fingerprint density at radius 2 is 1.77 bits per heavy atom. The topological polar surface area (TPSA) is 82.3 Å². The molecule has 1 heterocycles. The highest BCUT2D eigenvalue weighted by atomic mass is 35.5. The molecule has 0 radical (unpaired) electrons. The second-order valence-electron chi connectivity index (χ2n) is 8.22. The molecule has 4 rings (SSSR count). The minimum atomic E-state index is -0.868. The lowest BCUT2D eigenvalue weighted by atomic mass is 10.1. The van der Waals surface area contributed by atoms with Crippen molar-refractivity contribution in [2.45, 2.75) is 32.4 Å². The third-order valence-electron chi connectivity index (χ3n) is 6.02. The number of rotatable bonds is 7. The van der Waals surface area contributed by atoms with E-state index < -0.39 is 17.3 Å². The highest BCUT2D eigenvalue weighted by Gasteiger charge is 2.26. The molecule has 35 heavy (non-hydrogen) atoms. The number of ether oxygens (including phenoxy) is 1. The number of halogens is 1. The molecule has 0 aliphatic heterocycles. The maximum absolute atomic E-state index is 13.8. The van der Waals surface area contributed by atoms with Gasteiger partial charge in [-0.15, -0.1) is 0 Å². The summed E-state index contributed by atoms with van der Waals surface area (Å²) in [5, 5.41) is 3.64. The lowest BCUT2D eigenvalue weighted by Crippen LogP contribution is -2.44. The number of fused-ring (bicyclic) bond motifs is 1. The molecule has 0 saturated carbocycles. The molecule has 0 bridgehead atoms. The van der Waals surface area contributed by atoms with Crippen LogP contribution in [0.25, 0.3) is 16.6 Å². The first-order valence-corrected chi connectivity index (χ1v) is 11.7. The summed E-state index contributed by atoms with van der Waals surface area (Å²) in [5.41, 5.74) is 0.461. The fraction of sp³-hybridized carbons (Fsp3) is 0.222. The van der Waals surface area contributed by atoms with E-state index in [9.17, 15) is 14.4 Å². The molecule has 3 aromatic carbocycles. The Morgan fingerprint density at radius 3 is 2.46 bits per heavy atom. The quantitative estimate of drug-likeness (QED) is 0.408. The summed E-state index contributed by atoms with van der Waals surface area (Å²) in [6, 6.07) is 19.8. The molecule has 0 aliphatic carbocycles. The van der Waals surface area contributed by atoms with Gasteiger partial charge in [0.1, 0.15) is 11.8 Å². The number of nitrogens with zero attached hydrogens (tertiary/aromatic N) is 2. The summed E-state index contributed by atoms with van der Waals surface area (Å²) in [4.78, 5) is 40.7. The molecule has 0 saturated heterocycles. The number of carbonyl (C=O) groups is 1. The van der Waals surface area contributed by atoms with Crippen LogP contribution in [0.3, 0.4) is 0 Å². The molecule has 1 amide bonds. The maximum atomic E-state index is 13.8. The molecule has 0 spiro atoms. The zero-order valence-corrected chi connectivity index (χ0v) is 20.5. The van der Waals surface area contributed by atoms with Gasteiger partial charge in [0.25, 0.3) is 5.56 Å². The van der Waals surface area contributed by atoms with Gasteiger partial charge in [0, 0.05) is 11.1 Å². The SMILES string of the molecule is CCC(C(=O)NC(C)c1ccccc1)n1c(=O)n(-c2cccc(OC)c2)c(=O)c2ccc(Cl)cc21. The van der Waals surface area contributed by atoms with E-state index in [1.54, 1.807) is 42.5 Å². The first-order valence-electron chi connectivity index (χ1n) is 11.3. The van der Waals surface area contributed by atoms with Crippen molar-refractivity contribution in [3.63, 3.8) is 0 Å². The Labute approximate surface area is 207 Å². The molecule has 0 aliphatic rings. The van der Waals surface area contributed by atoms with Crippen molar-refractivity contribution in [2.75, 3.05) is 7.11 Å². The van der Waals surface area contributed by atoms with E-state index in [2.05, 4.69) is 5.32 Å². The molecular formula is C27H26ClN3O4. The minimum Gasteiger partial charge on any atom is -0.497 e. The smallest absolute Gasteiger partial charge is 0.336 e. The third kappa shape index (κ3) is 4.72. The summed E-state index contributed by atoms with van der Waals surface area (Å²) >= 11 is 6.24. The first-order chi connectivity index (χ1) is 16.8. The monoisotopic (exact) mass is 491 g/mol. The summed E-state index contributed by atoms with van der Waals surface area (Å²) in [7, 11) is 1.51. The van der Waals surface area contributed by atoms with Crippen LogP contribution >= 0.6 is 11.6 Å². The number of aromatic nitrogens is 2. The van der Waals surface area contributed by atoms with Gasteiger partial charge in [-0.25, -0.2) is 9.36 Å². The van der Waals surface area contributed by atoms with Crippen molar-refractivity contribution in [3.05, 3.63) is 104 Å². The van der Waals surface area contributed by atoms with Gasteiger partial charge in [0.2, 0.25) is 5.91 Å². The largest absolute Gasteiger partial charge is 0.497 e. The Kier molecular flexibility index (Phi) is 7.07. The van der Waals surface area contributed by atoms with E-state index in [1.807, 2.05) is 44.2 Å². The molecule has 0 fully saturated rings. The summed E-state index contributed by atoms with van der Waals surface area (Å²) in [5.74, 6) is 0.168. The van der Waals surface area contributed by atoms with E-state index in [0.717, 1.165) is 10.1 Å². The lowest BCUT2D eigenvalue weighted by molar-refractivity contribution is -0.125. The molecule has 1 N–H and O–H groups in total. The van der Waals surface area contributed by atoms with Crippen molar-refractivity contribution in [3.8, 4) is 11.4 Å². The predicted molar refractivity (Wildman–Crippen MR) is 138 cm³/mol.